The molecule has 1 aliphatic rings. The Labute approximate surface area is 111 Å². The molecule has 3 rings (SSSR count). The minimum atomic E-state index is -0.954. The highest BCUT2D eigenvalue weighted by molar-refractivity contribution is 6.00. The van der Waals surface area contributed by atoms with Gasteiger partial charge in [-0.05, 0) is 30.4 Å². The Morgan fingerprint density at radius 3 is 2.84 bits per heavy atom. The standard InChI is InChI=1S/C14H17N3O2/c1-14(7-2-3-8-14)9-17-11-6-4-5-10(13(18)19)12(11)15-16-17/h4-6H,2-3,7-9H2,1H3,(H,18,19). The third-order valence-corrected chi connectivity index (χ3v) is 4.12. The monoisotopic (exact) mass is 259 g/mol. The zero-order chi connectivity index (χ0) is 13.5. The molecule has 1 fully saturated rings. The lowest BCUT2D eigenvalue weighted by molar-refractivity contribution is 0.0699. The van der Waals surface area contributed by atoms with Crippen molar-refractivity contribution in [3.05, 3.63) is 23.8 Å². The molecule has 0 amide bonds. The molecule has 100 valence electrons. The van der Waals surface area contributed by atoms with Crippen LogP contribution in [-0.2, 0) is 6.54 Å². The number of carboxylic acids is 1. The summed E-state index contributed by atoms with van der Waals surface area (Å²) < 4.78 is 1.85. The molecule has 5 nitrogen and oxygen atoms in total. The first-order valence-electron chi connectivity index (χ1n) is 6.65. The molecule has 0 atom stereocenters. The van der Waals surface area contributed by atoms with Gasteiger partial charge in [-0.3, -0.25) is 0 Å². The van der Waals surface area contributed by atoms with Crippen molar-refractivity contribution in [3.63, 3.8) is 0 Å². The van der Waals surface area contributed by atoms with E-state index in [0.717, 1.165) is 12.1 Å². The second kappa shape index (κ2) is 4.33. The van der Waals surface area contributed by atoms with E-state index < -0.39 is 5.97 Å². The number of carbonyl (C=O) groups is 1. The lowest BCUT2D eigenvalue weighted by Crippen LogP contribution is -2.20. The summed E-state index contributed by atoms with van der Waals surface area (Å²) in [5, 5.41) is 17.3. The van der Waals surface area contributed by atoms with Crippen molar-refractivity contribution in [2.45, 2.75) is 39.2 Å². The fourth-order valence-corrected chi connectivity index (χ4v) is 3.03. The van der Waals surface area contributed by atoms with Crippen LogP contribution in [-0.4, -0.2) is 26.1 Å². The SMILES string of the molecule is CC1(Cn2nnc3c(C(=O)O)cccc32)CCCC1. The molecule has 1 aromatic heterocycles. The normalized spacial score (nSPS) is 17.9. The molecule has 2 aromatic rings. The second-order valence-corrected chi connectivity index (χ2v) is 5.74. The molecule has 1 aromatic carbocycles. The van der Waals surface area contributed by atoms with Crippen molar-refractivity contribution in [2.75, 3.05) is 0 Å². The lowest BCUT2D eigenvalue weighted by Gasteiger charge is -2.23. The molecule has 0 saturated heterocycles. The predicted octanol–water partition coefficient (Wildman–Crippen LogP) is 2.71. The first kappa shape index (κ1) is 12.1. The van der Waals surface area contributed by atoms with E-state index in [0.29, 0.717) is 5.52 Å². The molecule has 1 heterocycles. The molecule has 1 aliphatic carbocycles. The lowest BCUT2D eigenvalue weighted by atomic mass is 9.89. The molecule has 0 aliphatic heterocycles. The minimum absolute atomic E-state index is 0.223. The average Bonchev–Trinajstić information content (AvgIpc) is 2.97. The summed E-state index contributed by atoms with van der Waals surface area (Å²) in [4.78, 5) is 11.2. The van der Waals surface area contributed by atoms with Crippen LogP contribution in [0.2, 0.25) is 0 Å². The highest BCUT2D eigenvalue weighted by Crippen LogP contribution is 2.39. The Bertz CT molecular complexity index is 627. The van der Waals surface area contributed by atoms with Crippen LogP contribution in [0.1, 0.15) is 43.0 Å². The van der Waals surface area contributed by atoms with Crippen LogP contribution in [0.15, 0.2) is 18.2 Å². The number of rotatable bonds is 3. The summed E-state index contributed by atoms with van der Waals surface area (Å²) in [6, 6.07) is 5.21. The number of aromatic nitrogens is 3. The van der Waals surface area contributed by atoms with Crippen LogP contribution in [0.4, 0.5) is 0 Å². The highest BCUT2D eigenvalue weighted by Gasteiger charge is 2.30. The molecule has 1 saturated carbocycles. The van der Waals surface area contributed by atoms with Gasteiger partial charge in [0.25, 0.3) is 0 Å². The third-order valence-electron chi connectivity index (χ3n) is 4.12. The van der Waals surface area contributed by atoms with E-state index in [1.807, 2.05) is 10.7 Å². The van der Waals surface area contributed by atoms with Crippen LogP contribution in [0.5, 0.6) is 0 Å². The van der Waals surface area contributed by atoms with Crippen molar-refractivity contribution in [3.8, 4) is 0 Å². The third kappa shape index (κ3) is 2.09. The van der Waals surface area contributed by atoms with Crippen molar-refractivity contribution in [1.82, 2.24) is 15.0 Å². The maximum Gasteiger partial charge on any atom is 0.338 e. The van der Waals surface area contributed by atoms with E-state index in [1.165, 1.54) is 25.7 Å². The Morgan fingerprint density at radius 2 is 2.16 bits per heavy atom. The molecule has 19 heavy (non-hydrogen) atoms. The van der Waals surface area contributed by atoms with Gasteiger partial charge in [0.05, 0.1) is 11.1 Å². The molecule has 0 spiro atoms. The average molecular weight is 259 g/mol. The second-order valence-electron chi connectivity index (χ2n) is 5.74. The topological polar surface area (TPSA) is 68.0 Å². The van der Waals surface area contributed by atoms with Crippen molar-refractivity contribution >= 4 is 17.0 Å². The number of benzene rings is 1. The van der Waals surface area contributed by atoms with Gasteiger partial charge in [-0.25, -0.2) is 9.48 Å². The summed E-state index contributed by atoms with van der Waals surface area (Å²) in [7, 11) is 0. The zero-order valence-corrected chi connectivity index (χ0v) is 11.0. The fraction of sp³-hybridized carbons (Fsp3) is 0.500. The van der Waals surface area contributed by atoms with Gasteiger partial charge in [-0.1, -0.05) is 31.0 Å². The molecule has 0 radical (unpaired) electrons. The summed E-state index contributed by atoms with van der Waals surface area (Å²) in [5.74, 6) is -0.954. The van der Waals surface area contributed by atoms with E-state index in [1.54, 1.807) is 12.1 Å². The van der Waals surface area contributed by atoms with E-state index in [2.05, 4.69) is 17.2 Å². The summed E-state index contributed by atoms with van der Waals surface area (Å²) in [6.45, 7) is 3.08. The van der Waals surface area contributed by atoms with Crippen molar-refractivity contribution < 1.29 is 9.90 Å². The van der Waals surface area contributed by atoms with E-state index in [9.17, 15) is 4.79 Å². The Balaban J connectivity index is 2.01. The zero-order valence-electron chi connectivity index (χ0n) is 11.0. The molecule has 0 bridgehead atoms. The van der Waals surface area contributed by atoms with Crippen molar-refractivity contribution in [1.29, 1.82) is 0 Å². The van der Waals surface area contributed by atoms with Gasteiger partial charge in [0, 0.05) is 6.54 Å². The van der Waals surface area contributed by atoms with E-state index >= 15 is 0 Å². The van der Waals surface area contributed by atoms with E-state index in [4.69, 9.17) is 5.11 Å². The number of fused-ring (bicyclic) bond motifs is 1. The minimum Gasteiger partial charge on any atom is -0.478 e. The summed E-state index contributed by atoms with van der Waals surface area (Å²) in [5.41, 5.74) is 1.78. The number of hydrogen-bond donors (Lipinski definition) is 1. The smallest absolute Gasteiger partial charge is 0.338 e. The first-order valence-corrected chi connectivity index (χ1v) is 6.65. The van der Waals surface area contributed by atoms with Gasteiger partial charge in [0.1, 0.15) is 5.52 Å². The van der Waals surface area contributed by atoms with Gasteiger partial charge in [0.15, 0.2) is 0 Å². The molecule has 1 N–H and O–H groups in total. The van der Waals surface area contributed by atoms with E-state index in [-0.39, 0.29) is 11.0 Å². The maximum atomic E-state index is 11.2. The van der Waals surface area contributed by atoms with Gasteiger partial charge in [-0.15, -0.1) is 5.10 Å². The van der Waals surface area contributed by atoms with Crippen LogP contribution in [0.3, 0.4) is 0 Å². The van der Waals surface area contributed by atoms with Crippen LogP contribution in [0.25, 0.3) is 11.0 Å². The van der Waals surface area contributed by atoms with Gasteiger partial charge in [-0.2, -0.15) is 0 Å². The summed E-state index contributed by atoms with van der Waals surface area (Å²) >= 11 is 0. The van der Waals surface area contributed by atoms with Crippen LogP contribution >= 0.6 is 0 Å². The summed E-state index contributed by atoms with van der Waals surface area (Å²) in [6.07, 6.45) is 4.94. The Kier molecular flexibility index (Phi) is 2.77. The van der Waals surface area contributed by atoms with Crippen LogP contribution < -0.4 is 0 Å². The molecular weight excluding hydrogens is 242 g/mol. The van der Waals surface area contributed by atoms with Gasteiger partial charge < -0.3 is 5.11 Å². The Hall–Kier alpha value is -1.91. The van der Waals surface area contributed by atoms with Crippen molar-refractivity contribution in [2.24, 2.45) is 5.41 Å². The largest absolute Gasteiger partial charge is 0.478 e. The highest BCUT2D eigenvalue weighted by atomic mass is 16.4. The quantitative estimate of drug-likeness (QED) is 0.920. The fourth-order valence-electron chi connectivity index (χ4n) is 3.03. The molecular formula is C14H17N3O2. The van der Waals surface area contributed by atoms with Crippen LogP contribution in [0, 0.1) is 5.41 Å². The predicted molar refractivity (Wildman–Crippen MR) is 71.1 cm³/mol. The number of carboxylic acid groups (broad SMARTS) is 1. The Morgan fingerprint density at radius 1 is 1.42 bits per heavy atom. The first-order chi connectivity index (χ1) is 9.09. The number of nitrogens with zero attached hydrogens (tertiary/aromatic N) is 3. The maximum absolute atomic E-state index is 11.2. The molecule has 5 heteroatoms. The number of aromatic carboxylic acids is 1. The molecule has 0 unspecified atom stereocenters. The van der Waals surface area contributed by atoms with Gasteiger partial charge in [0.2, 0.25) is 0 Å². The number of hydrogen-bond acceptors (Lipinski definition) is 3. The van der Waals surface area contributed by atoms with Gasteiger partial charge >= 0.3 is 5.97 Å².